The Labute approximate surface area is 166 Å². The van der Waals surface area contributed by atoms with Gasteiger partial charge in [0.05, 0.1) is 5.69 Å². The predicted molar refractivity (Wildman–Crippen MR) is 116 cm³/mol. The van der Waals surface area contributed by atoms with E-state index in [4.69, 9.17) is 4.74 Å². The quantitative estimate of drug-likeness (QED) is 0.407. The lowest BCUT2D eigenvalue weighted by atomic mass is 9.77. The summed E-state index contributed by atoms with van der Waals surface area (Å²) in [5.74, 6) is 0.938. The third-order valence-electron chi connectivity index (χ3n) is 4.78. The predicted octanol–water partition coefficient (Wildman–Crippen LogP) is 6.03. The zero-order valence-electron chi connectivity index (χ0n) is 16.3. The molecule has 0 aliphatic rings. The van der Waals surface area contributed by atoms with Crippen molar-refractivity contribution in [3.63, 3.8) is 0 Å². The molecule has 142 valence electrons. The number of hydrogen-bond donors (Lipinski definition) is 1. The van der Waals surface area contributed by atoms with Gasteiger partial charge in [0, 0.05) is 23.3 Å². The molecule has 3 aromatic rings. The maximum Gasteiger partial charge on any atom is 0.124 e. The first-order chi connectivity index (χ1) is 13.5. The molecule has 3 aromatic carbocycles. The molecule has 0 amide bonds. The van der Waals surface area contributed by atoms with Crippen molar-refractivity contribution in [2.24, 2.45) is 4.99 Å². The Balaban J connectivity index is 1.88. The Morgan fingerprint density at radius 3 is 2.50 bits per heavy atom. The third-order valence-corrected chi connectivity index (χ3v) is 4.78. The van der Waals surface area contributed by atoms with Crippen LogP contribution >= 0.6 is 0 Å². The van der Waals surface area contributed by atoms with Crippen LogP contribution in [0.3, 0.4) is 0 Å². The van der Waals surface area contributed by atoms with Crippen molar-refractivity contribution in [3.05, 3.63) is 102 Å². The van der Waals surface area contributed by atoms with Crippen LogP contribution in [0.5, 0.6) is 11.5 Å². The molecule has 0 aliphatic heterocycles. The van der Waals surface area contributed by atoms with Crippen molar-refractivity contribution in [3.8, 4) is 11.5 Å². The van der Waals surface area contributed by atoms with E-state index in [1.54, 1.807) is 18.4 Å². The summed E-state index contributed by atoms with van der Waals surface area (Å²) in [5.41, 5.74) is 3.58. The van der Waals surface area contributed by atoms with Crippen LogP contribution in [-0.2, 0) is 5.41 Å². The number of phenols is 1. The van der Waals surface area contributed by atoms with Gasteiger partial charge in [-0.15, -0.1) is 0 Å². The minimum atomic E-state index is -0.185. The fourth-order valence-corrected chi connectivity index (χ4v) is 3.02. The molecule has 3 heteroatoms. The molecule has 1 N–H and O–H groups in total. The van der Waals surface area contributed by atoms with E-state index in [2.05, 4.69) is 37.6 Å². The smallest absolute Gasteiger partial charge is 0.124 e. The zero-order chi connectivity index (χ0) is 20.0. The Bertz CT molecular complexity index is 975. The largest absolute Gasteiger partial charge is 0.507 e. The van der Waals surface area contributed by atoms with Crippen molar-refractivity contribution in [1.82, 2.24) is 0 Å². The highest BCUT2D eigenvalue weighted by Gasteiger charge is 2.23. The standard InChI is InChI=1S/C25H25NO2/c1-4-15-28-23-12-8-11-22(17-23)26-18-19-16-21(13-14-24(19)27)25(2,3)20-9-6-5-7-10-20/h4-14,16-18,27H,1,15H2,2-3H3. The average Bonchev–Trinajstić information content (AvgIpc) is 2.72. The van der Waals surface area contributed by atoms with Gasteiger partial charge in [-0.2, -0.15) is 0 Å². The lowest BCUT2D eigenvalue weighted by Crippen LogP contribution is -2.18. The number of ether oxygens (including phenoxy) is 1. The first kappa shape index (κ1) is 19.4. The Kier molecular flexibility index (Phi) is 5.95. The van der Waals surface area contributed by atoms with E-state index in [9.17, 15) is 5.11 Å². The maximum atomic E-state index is 10.3. The van der Waals surface area contributed by atoms with E-state index in [1.807, 2.05) is 54.6 Å². The van der Waals surface area contributed by atoms with E-state index in [1.165, 1.54) is 5.56 Å². The summed E-state index contributed by atoms with van der Waals surface area (Å²) in [7, 11) is 0. The first-order valence-corrected chi connectivity index (χ1v) is 9.27. The lowest BCUT2D eigenvalue weighted by Gasteiger charge is -2.26. The van der Waals surface area contributed by atoms with Crippen molar-refractivity contribution in [1.29, 1.82) is 0 Å². The highest BCUT2D eigenvalue weighted by atomic mass is 16.5. The van der Waals surface area contributed by atoms with Crippen LogP contribution in [0.4, 0.5) is 5.69 Å². The van der Waals surface area contributed by atoms with Crippen LogP contribution in [0.2, 0.25) is 0 Å². The molecule has 0 heterocycles. The van der Waals surface area contributed by atoms with Crippen molar-refractivity contribution in [2.45, 2.75) is 19.3 Å². The molecule has 0 saturated heterocycles. The molecule has 0 bridgehead atoms. The summed E-state index contributed by atoms with van der Waals surface area (Å²) in [5, 5.41) is 10.3. The van der Waals surface area contributed by atoms with Crippen LogP contribution in [0, 0.1) is 0 Å². The van der Waals surface area contributed by atoms with Gasteiger partial charge in [-0.3, -0.25) is 4.99 Å². The molecular formula is C25H25NO2. The SMILES string of the molecule is C=CCOc1cccc(N=Cc2cc(C(C)(C)c3ccccc3)ccc2O)c1. The molecule has 0 unspecified atom stereocenters. The third kappa shape index (κ3) is 4.49. The Morgan fingerprint density at radius 1 is 0.964 bits per heavy atom. The summed E-state index contributed by atoms with van der Waals surface area (Å²) >= 11 is 0. The van der Waals surface area contributed by atoms with E-state index < -0.39 is 0 Å². The normalized spacial score (nSPS) is 11.5. The average molecular weight is 371 g/mol. The van der Waals surface area contributed by atoms with Gasteiger partial charge in [0.15, 0.2) is 0 Å². The van der Waals surface area contributed by atoms with E-state index in [0.717, 1.165) is 17.0 Å². The highest BCUT2D eigenvalue weighted by Crippen LogP contribution is 2.33. The summed E-state index contributed by atoms with van der Waals surface area (Å²) < 4.78 is 5.54. The zero-order valence-corrected chi connectivity index (χ0v) is 16.3. The van der Waals surface area contributed by atoms with Crippen LogP contribution in [-0.4, -0.2) is 17.9 Å². The maximum absolute atomic E-state index is 10.3. The first-order valence-electron chi connectivity index (χ1n) is 9.27. The van der Waals surface area contributed by atoms with Crippen LogP contribution < -0.4 is 4.74 Å². The molecule has 3 rings (SSSR count). The fourth-order valence-electron chi connectivity index (χ4n) is 3.02. The highest BCUT2D eigenvalue weighted by molar-refractivity contribution is 5.85. The van der Waals surface area contributed by atoms with Gasteiger partial charge in [-0.25, -0.2) is 0 Å². The van der Waals surface area contributed by atoms with Gasteiger partial charge in [0.1, 0.15) is 18.1 Å². The fraction of sp³-hybridized carbons (Fsp3) is 0.160. The summed E-state index contributed by atoms with van der Waals surface area (Å²) in [6.07, 6.45) is 3.39. The molecule has 0 saturated carbocycles. The molecule has 0 atom stereocenters. The molecule has 0 spiro atoms. The molecule has 0 aromatic heterocycles. The number of hydrogen-bond acceptors (Lipinski definition) is 3. The topological polar surface area (TPSA) is 41.8 Å². The Hall–Kier alpha value is -3.33. The number of rotatable bonds is 7. The summed E-state index contributed by atoms with van der Waals surface area (Å²) in [6, 6.07) is 23.5. The molecule has 0 radical (unpaired) electrons. The number of aromatic hydroxyl groups is 1. The number of aliphatic imine (C=N–C) groups is 1. The minimum absolute atomic E-state index is 0.185. The second-order valence-electron chi connectivity index (χ2n) is 7.12. The second kappa shape index (κ2) is 8.57. The molecule has 0 fully saturated rings. The summed E-state index contributed by atoms with van der Waals surface area (Å²) in [6.45, 7) is 8.45. The van der Waals surface area contributed by atoms with Gasteiger partial charge in [0.25, 0.3) is 0 Å². The minimum Gasteiger partial charge on any atom is -0.507 e. The van der Waals surface area contributed by atoms with E-state index in [-0.39, 0.29) is 11.2 Å². The molecule has 0 aliphatic carbocycles. The van der Waals surface area contributed by atoms with Gasteiger partial charge < -0.3 is 9.84 Å². The van der Waals surface area contributed by atoms with Gasteiger partial charge >= 0.3 is 0 Å². The van der Waals surface area contributed by atoms with Crippen LogP contribution in [0.25, 0.3) is 0 Å². The van der Waals surface area contributed by atoms with Crippen LogP contribution in [0.1, 0.15) is 30.5 Å². The van der Waals surface area contributed by atoms with Gasteiger partial charge in [0.2, 0.25) is 0 Å². The summed E-state index contributed by atoms with van der Waals surface area (Å²) in [4.78, 5) is 4.51. The van der Waals surface area contributed by atoms with Crippen LogP contribution in [0.15, 0.2) is 90.4 Å². The van der Waals surface area contributed by atoms with E-state index >= 15 is 0 Å². The van der Waals surface area contributed by atoms with Gasteiger partial charge in [-0.1, -0.05) is 69.0 Å². The van der Waals surface area contributed by atoms with Crippen molar-refractivity contribution in [2.75, 3.05) is 6.61 Å². The molecule has 3 nitrogen and oxygen atoms in total. The molecule has 28 heavy (non-hydrogen) atoms. The lowest BCUT2D eigenvalue weighted by molar-refractivity contribution is 0.363. The van der Waals surface area contributed by atoms with E-state index in [0.29, 0.717) is 12.2 Å². The number of phenolic OH excluding ortho intramolecular Hbond substituents is 1. The number of nitrogens with zero attached hydrogens (tertiary/aromatic N) is 1. The number of benzene rings is 3. The van der Waals surface area contributed by atoms with Crippen molar-refractivity contribution < 1.29 is 9.84 Å². The Morgan fingerprint density at radius 2 is 1.75 bits per heavy atom. The monoisotopic (exact) mass is 371 g/mol. The molecular weight excluding hydrogens is 346 g/mol. The van der Waals surface area contributed by atoms with Gasteiger partial charge in [-0.05, 0) is 35.4 Å². The second-order valence-corrected chi connectivity index (χ2v) is 7.12. The van der Waals surface area contributed by atoms with Crippen molar-refractivity contribution >= 4 is 11.9 Å².